The lowest BCUT2D eigenvalue weighted by molar-refractivity contribution is -0.142. The fraction of sp³-hybridized carbons (Fsp3) is 0.963. The molecule has 0 heterocycles. The molecular formula is C27H54O2. The second kappa shape index (κ2) is 22.2. The number of hydrogen-bond acceptors (Lipinski definition) is 1. The number of carbonyl (C=O) groups is 1. The Kier molecular flexibility index (Phi) is 21.8. The molecule has 1 N–H and O–H groups in total. The van der Waals surface area contributed by atoms with Crippen molar-refractivity contribution in [3.8, 4) is 0 Å². The summed E-state index contributed by atoms with van der Waals surface area (Å²) in [5.74, 6) is -0.0257. The van der Waals surface area contributed by atoms with E-state index in [0.29, 0.717) is 5.92 Å². The number of rotatable bonds is 23. The Morgan fingerprint density at radius 3 is 1.28 bits per heavy atom. The quantitative estimate of drug-likeness (QED) is 0.170. The molecule has 1 atom stereocenters. The minimum atomic E-state index is -0.545. The second-order valence-electron chi connectivity index (χ2n) is 9.45. The molecule has 0 amide bonds. The van der Waals surface area contributed by atoms with Crippen LogP contribution < -0.4 is 0 Å². The number of hydrogen-bond donors (Lipinski definition) is 1. The Hall–Kier alpha value is -0.530. The van der Waals surface area contributed by atoms with Gasteiger partial charge in [-0.3, -0.25) is 4.79 Å². The van der Waals surface area contributed by atoms with Crippen molar-refractivity contribution in [2.24, 2.45) is 11.8 Å². The predicted octanol–water partition coefficient (Wildman–Crippen LogP) is 9.56. The van der Waals surface area contributed by atoms with E-state index >= 15 is 0 Å². The fourth-order valence-corrected chi connectivity index (χ4v) is 4.55. The topological polar surface area (TPSA) is 37.3 Å². The summed E-state index contributed by atoms with van der Waals surface area (Å²) in [6.07, 6.45) is 26.5. The first-order valence-corrected chi connectivity index (χ1v) is 13.4. The van der Waals surface area contributed by atoms with Crippen molar-refractivity contribution in [1.82, 2.24) is 0 Å². The molecule has 0 aromatic carbocycles. The predicted molar refractivity (Wildman–Crippen MR) is 129 cm³/mol. The summed E-state index contributed by atoms with van der Waals surface area (Å²) in [5.41, 5.74) is 0. The van der Waals surface area contributed by atoms with Gasteiger partial charge >= 0.3 is 5.97 Å². The van der Waals surface area contributed by atoms with Gasteiger partial charge in [0.2, 0.25) is 0 Å². The monoisotopic (exact) mass is 410 g/mol. The van der Waals surface area contributed by atoms with Crippen LogP contribution in [0.1, 0.15) is 156 Å². The zero-order chi connectivity index (χ0) is 21.6. The van der Waals surface area contributed by atoms with Gasteiger partial charge in [-0.2, -0.15) is 0 Å². The minimum absolute atomic E-state index is 0.109. The van der Waals surface area contributed by atoms with Crippen molar-refractivity contribution in [2.45, 2.75) is 156 Å². The smallest absolute Gasteiger partial charge is 0.306 e. The highest BCUT2D eigenvalue weighted by atomic mass is 16.4. The van der Waals surface area contributed by atoms with Gasteiger partial charge in [0.25, 0.3) is 0 Å². The van der Waals surface area contributed by atoms with Gasteiger partial charge in [0, 0.05) is 0 Å². The van der Waals surface area contributed by atoms with Crippen LogP contribution in [0.4, 0.5) is 0 Å². The molecule has 29 heavy (non-hydrogen) atoms. The van der Waals surface area contributed by atoms with Gasteiger partial charge in [0.15, 0.2) is 0 Å². The molecule has 2 nitrogen and oxygen atoms in total. The van der Waals surface area contributed by atoms with Crippen molar-refractivity contribution in [3.05, 3.63) is 0 Å². The molecule has 0 spiro atoms. The van der Waals surface area contributed by atoms with Gasteiger partial charge in [-0.1, -0.05) is 143 Å². The molecule has 1 unspecified atom stereocenters. The maximum Gasteiger partial charge on any atom is 0.306 e. The highest BCUT2D eigenvalue weighted by Gasteiger charge is 2.22. The fourth-order valence-electron chi connectivity index (χ4n) is 4.55. The van der Waals surface area contributed by atoms with Crippen LogP contribution in [0.2, 0.25) is 0 Å². The van der Waals surface area contributed by atoms with Gasteiger partial charge in [-0.25, -0.2) is 0 Å². The van der Waals surface area contributed by atoms with Crippen molar-refractivity contribution < 1.29 is 9.90 Å². The average molecular weight is 411 g/mol. The van der Waals surface area contributed by atoms with Crippen LogP contribution in [0.15, 0.2) is 0 Å². The molecule has 2 heteroatoms. The van der Waals surface area contributed by atoms with Crippen molar-refractivity contribution in [1.29, 1.82) is 0 Å². The third-order valence-corrected chi connectivity index (χ3v) is 6.56. The zero-order valence-corrected chi connectivity index (χ0v) is 20.4. The molecule has 0 aliphatic heterocycles. The van der Waals surface area contributed by atoms with Gasteiger partial charge < -0.3 is 5.11 Å². The molecule has 0 fully saturated rings. The molecule has 0 rings (SSSR count). The zero-order valence-electron chi connectivity index (χ0n) is 20.4. The van der Waals surface area contributed by atoms with Crippen molar-refractivity contribution in [3.63, 3.8) is 0 Å². The van der Waals surface area contributed by atoms with E-state index in [1.807, 2.05) is 0 Å². The third kappa shape index (κ3) is 19.2. The van der Waals surface area contributed by atoms with Gasteiger partial charge in [-0.05, 0) is 18.8 Å². The molecule has 174 valence electrons. The second-order valence-corrected chi connectivity index (χ2v) is 9.45. The standard InChI is InChI=1S/C27H54O2/c1-4-7-10-13-16-18-21-25(22-19-17-14-11-8-5-2)24-26(27(28)29)23-20-15-12-9-6-3/h25-26H,4-24H2,1-3H3,(H,28,29). The largest absolute Gasteiger partial charge is 0.481 e. The molecule has 0 aliphatic rings. The summed E-state index contributed by atoms with van der Waals surface area (Å²) in [6.45, 7) is 6.77. The number of aliphatic carboxylic acids is 1. The first-order valence-electron chi connectivity index (χ1n) is 13.4. The summed E-state index contributed by atoms with van der Waals surface area (Å²) in [5, 5.41) is 9.76. The summed E-state index contributed by atoms with van der Waals surface area (Å²) < 4.78 is 0. The van der Waals surface area contributed by atoms with Gasteiger partial charge in [-0.15, -0.1) is 0 Å². The number of carboxylic acid groups (broad SMARTS) is 1. The SMILES string of the molecule is CCCCCCCCC(CCCCCCCC)CC(CCCCCCC)C(=O)O. The Morgan fingerprint density at radius 2 is 0.897 bits per heavy atom. The van der Waals surface area contributed by atoms with Gasteiger partial charge in [0.1, 0.15) is 0 Å². The number of unbranched alkanes of at least 4 members (excludes halogenated alkanes) is 14. The van der Waals surface area contributed by atoms with Crippen LogP contribution >= 0.6 is 0 Å². The lowest BCUT2D eigenvalue weighted by Crippen LogP contribution is -2.18. The Bertz CT molecular complexity index is 323. The van der Waals surface area contributed by atoms with Crippen LogP contribution in [-0.2, 0) is 4.79 Å². The van der Waals surface area contributed by atoms with E-state index < -0.39 is 5.97 Å². The van der Waals surface area contributed by atoms with E-state index in [9.17, 15) is 9.90 Å². The lowest BCUT2D eigenvalue weighted by Gasteiger charge is -2.21. The first kappa shape index (κ1) is 28.5. The Labute approximate surface area is 183 Å². The molecule has 0 aromatic rings. The molecule has 0 saturated heterocycles. The number of carboxylic acids is 1. The highest BCUT2D eigenvalue weighted by Crippen LogP contribution is 2.28. The van der Waals surface area contributed by atoms with E-state index in [1.165, 1.54) is 116 Å². The maximum atomic E-state index is 11.9. The summed E-state index contributed by atoms with van der Waals surface area (Å²) in [7, 11) is 0. The van der Waals surface area contributed by atoms with E-state index in [4.69, 9.17) is 0 Å². The molecule has 0 bridgehead atoms. The van der Waals surface area contributed by atoms with Crippen LogP contribution in [0.25, 0.3) is 0 Å². The lowest BCUT2D eigenvalue weighted by atomic mass is 9.84. The summed E-state index contributed by atoms with van der Waals surface area (Å²) in [4.78, 5) is 11.9. The van der Waals surface area contributed by atoms with E-state index in [-0.39, 0.29) is 5.92 Å². The van der Waals surface area contributed by atoms with E-state index in [1.54, 1.807) is 0 Å². The summed E-state index contributed by atoms with van der Waals surface area (Å²) in [6, 6.07) is 0. The van der Waals surface area contributed by atoms with Gasteiger partial charge in [0.05, 0.1) is 5.92 Å². The minimum Gasteiger partial charge on any atom is -0.481 e. The van der Waals surface area contributed by atoms with Crippen LogP contribution in [-0.4, -0.2) is 11.1 Å². The van der Waals surface area contributed by atoms with Crippen LogP contribution in [0, 0.1) is 11.8 Å². The molecular weight excluding hydrogens is 356 g/mol. The molecule has 0 radical (unpaired) electrons. The molecule has 0 saturated carbocycles. The third-order valence-electron chi connectivity index (χ3n) is 6.56. The molecule has 0 aromatic heterocycles. The van der Waals surface area contributed by atoms with Crippen molar-refractivity contribution >= 4 is 5.97 Å². The molecule has 0 aliphatic carbocycles. The summed E-state index contributed by atoms with van der Waals surface area (Å²) >= 11 is 0. The Balaban J connectivity index is 4.34. The van der Waals surface area contributed by atoms with E-state index in [2.05, 4.69) is 20.8 Å². The van der Waals surface area contributed by atoms with Crippen LogP contribution in [0.3, 0.4) is 0 Å². The maximum absolute atomic E-state index is 11.9. The van der Waals surface area contributed by atoms with E-state index in [0.717, 1.165) is 19.3 Å². The first-order chi connectivity index (χ1) is 14.2. The van der Waals surface area contributed by atoms with Crippen molar-refractivity contribution in [2.75, 3.05) is 0 Å². The Morgan fingerprint density at radius 1 is 0.552 bits per heavy atom. The van der Waals surface area contributed by atoms with Crippen LogP contribution in [0.5, 0.6) is 0 Å². The average Bonchev–Trinajstić information content (AvgIpc) is 2.71. The normalized spacial score (nSPS) is 12.6. The highest BCUT2D eigenvalue weighted by molar-refractivity contribution is 5.69.